The van der Waals surface area contributed by atoms with E-state index in [4.69, 9.17) is 10.1 Å². The molecule has 1 unspecified atom stereocenters. The second-order valence-corrected chi connectivity index (χ2v) is 7.08. The fourth-order valence-corrected chi connectivity index (χ4v) is 3.80. The van der Waals surface area contributed by atoms with Crippen LogP contribution in [0.2, 0.25) is 0 Å². The number of pyridine rings is 1. The van der Waals surface area contributed by atoms with Crippen LogP contribution in [0.15, 0.2) is 36.8 Å². The van der Waals surface area contributed by atoms with E-state index >= 15 is 0 Å². The number of nitriles is 1. The number of amides is 1. The van der Waals surface area contributed by atoms with E-state index in [1.54, 1.807) is 40.3 Å². The van der Waals surface area contributed by atoms with Crippen molar-refractivity contribution >= 4 is 33.5 Å². The van der Waals surface area contributed by atoms with Crippen LogP contribution in [0.4, 0.5) is 5.69 Å². The molecule has 29 heavy (non-hydrogen) atoms. The van der Waals surface area contributed by atoms with Crippen molar-refractivity contribution in [3.05, 3.63) is 48.2 Å². The highest BCUT2D eigenvalue weighted by molar-refractivity contribution is 6.02. The molecule has 1 aromatic carbocycles. The fourth-order valence-electron chi connectivity index (χ4n) is 3.80. The van der Waals surface area contributed by atoms with E-state index in [0.29, 0.717) is 30.8 Å². The van der Waals surface area contributed by atoms with Crippen LogP contribution < -0.4 is 4.90 Å². The zero-order valence-electron chi connectivity index (χ0n) is 15.4. The second kappa shape index (κ2) is 6.68. The van der Waals surface area contributed by atoms with Gasteiger partial charge in [-0.2, -0.15) is 10.4 Å². The minimum absolute atomic E-state index is 0.00775. The van der Waals surface area contributed by atoms with Gasteiger partial charge in [0.25, 0.3) is 0 Å². The molecule has 1 saturated heterocycles. The number of carbonyl (C=O) groups excluding carboxylic acids is 1. The Morgan fingerprint density at radius 3 is 3.07 bits per heavy atom. The van der Waals surface area contributed by atoms with Crippen molar-refractivity contribution in [1.82, 2.24) is 24.7 Å². The Morgan fingerprint density at radius 2 is 2.24 bits per heavy atom. The maximum Gasteiger partial charge on any atom is 0.227 e. The first-order chi connectivity index (χ1) is 14.2. The van der Waals surface area contributed by atoms with Crippen molar-refractivity contribution in [3.8, 4) is 6.07 Å². The number of H-pyrrole nitrogens is 1. The Hall–Kier alpha value is -3.77. The number of fused-ring (bicyclic) bond motifs is 3. The number of hydrogen-bond donors (Lipinski definition) is 2. The summed E-state index contributed by atoms with van der Waals surface area (Å²) in [6.07, 6.45) is 5.47. The van der Waals surface area contributed by atoms with Gasteiger partial charge in [0.1, 0.15) is 5.82 Å². The molecule has 1 fully saturated rings. The van der Waals surface area contributed by atoms with Crippen molar-refractivity contribution in [1.29, 1.82) is 5.26 Å². The summed E-state index contributed by atoms with van der Waals surface area (Å²) >= 11 is 0. The molecule has 4 heterocycles. The van der Waals surface area contributed by atoms with E-state index in [1.165, 1.54) is 0 Å². The number of aromatic nitrogens is 5. The molecule has 0 radical (unpaired) electrons. The van der Waals surface area contributed by atoms with Gasteiger partial charge in [-0.3, -0.25) is 14.5 Å². The molecule has 0 aliphatic carbocycles. The number of aliphatic hydroxyl groups is 1. The first kappa shape index (κ1) is 17.3. The molecule has 1 aliphatic rings. The maximum absolute atomic E-state index is 12.6. The fraction of sp³-hybridized carbons (Fsp3) is 0.250. The van der Waals surface area contributed by atoms with Crippen molar-refractivity contribution < 1.29 is 9.90 Å². The zero-order valence-corrected chi connectivity index (χ0v) is 15.4. The number of anilines is 1. The summed E-state index contributed by atoms with van der Waals surface area (Å²) in [5.41, 5.74) is 3.58. The van der Waals surface area contributed by atoms with Crippen LogP contribution in [0.25, 0.3) is 21.9 Å². The van der Waals surface area contributed by atoms with Gasteiger partial charge in [-0.1, -0.05) is 0 Å². The van der Waals surface area contributed by atoms with Gasteiger partial charge in [-0.25, -0.2) is 4.98 Å². The largest absolute Gasteiger partial charge is 0.394 e. The molecule has 144 valence electrons. The summed E-state index contributed by atoms with van der Waals surface area (Å²) in [6, 6.07) is 7.48. The third-order valence-corrected chi connectivity index (χ3v) is 5.24. The smallest absolute Gasteiger partial charge is 0.227 e. The summed E-state index contributed by atoms with van der Waals surface area (Å²) in [6.45, 7) is 0.879. The standard InChI is InChI=1S/C20H17N7O2/c21-7-12-1-2-16-15(5-12)19-17(9-22-16)24-20(25-19)13-6-18(29)27(10-13)14-8-23-26(11-14)3-4-28/h1-2,5,8-9,11,13,28H,3-4,6,10H2,(H,24,25). The van der Waals surface area contributed by atoms with Crippen LogP contribution in [0, 0.1) is 11.3 Å². The van der Waals surface area contributed by atoms with Crippen LogP contribution in [0.1, 0.15) is 23.7 Å². The molecule has 0 saturated carbocycles. The van der Waals surface area contributed by atoms with Gasteiger partial charge in [-0.15, -0.1) is 0 Å². The van der Waals surface area contributed by atoms with Gasteiger partial charge in [0.15, 0.2) is 0 Å². The van der Waals surface area contributed by atoms with Gasteiger partial charge in [-0.05, 0) is 18.2 Å². The Bertz CT molecular complexity index is 1280. The quantitative estimate of drug-likeness (QED) is 0.549. The molecule has 3 aromatic heterocycles. The van der Waals surface area contributed by atoms with Gasteiger partial charge in [0.05, 0.1) is 59.4 Å². The SMILES string of the molecule is N#Cc1ccc2ncc3[nH]c(C4CC(=O)N(c5cnn(CCO)c5)C4)nc3c2c1. The van der Waals surface area contributed by atoms with Gasteiger partial charge in [0.2, 0.25) is 5.91 Å². The Balaban J connectivity index is 1.48. The molecule has 0 bridgehead atoms. The number of nitrogens with zero attached hydrogens (tertiary/aromatic N) is 6. The van der Waals surface area contributed by atoms with Gasteiger partial charge >= 0.3 is 0 Å². The van der Waals surface area contributed by atoms with Crippen LogP contribution in [0.5, 0.6) is 0 Å². The van der Waals surface area contributed by atoms with Gasteiger partial charge < -0.3 is 15.0 Å². The molecular formula is C20H17N7O2. The lowest BCUT2D eigenvalue weighted by molar-refractivity contribution is -0.117. The maximum atomic E-state index is 12.6. The number of nitrogens with one attached hydrogen (secondary N) is 1. The predicted octanol–water partition coefficient (Wildman–Crippen LogP) is 1.69. The Morgan fingerprint density at radius 1 is 1.34 bits per heavy atom. The number of rotatable bonds is 4. The normalized spacial score (nSPS) is 16.8. The van der Waals surface area contributed by atoms with Crippen molar-refractivity contribution in [3.63, 3.8) is 0 Å². The zero-order chi connectivity index (χ0) is 20.0. The molecule has 9 nitrogen and oxygen atoms in total. The van der Waals surface area contributed by atoms with Crippen LogP contribution >= 0.6 is 0 Å². The average molecular weight is 387 g/mol. The highest BCUT2D eigenvalue weighted by atomic mass is 16.3. The third kappa shape index (κ3) is 2.90. The summed E-state index contributed by atoms with van der Waals surface area (Å²) in [4.78, 5) is 26.8. The molecule has 0 spiro atoms. The lowest BCUT2D eigenvalue weighted by Crippen LogP contribution is -2.23. The van der Waals surface area contributed by atoms with E-state index in [1.807, 2.05) is 6.07 Å². The van der Waals surface area contributed by atoms with Crippen LogP contribution in [0.3, 0.4) is 0 Å². The van der Waals surface area contributed by atoms with Crippen molar-refractivity contribution in [2.75, 3.05) is 18.1 Å². The van der Waals surface area contributed by atoms with Crippen molar-refractivity contribution in [2.45, 2.75) is 18.9 Å². The highest BCUT2D eigenvalue weighted by Crippen LogP contribution is 2.32. The minimum Gasteiger partial charge on any atom is -0.394 e. The molecule has 1 aliphatic heterocycles. The number of hydrogen-bond acceptors (Lipinski definition) is 6. The summed E-state index contributed by atoms with van der Waals surface area (Å²) in [7, 11) is 0. The number of imidazole rings is 1. The molecular weight excluding hydrogens is 370 g/mol. The second-order valence-electron chi connectivity index (χ2n) is 7.08. The lowest BCUT2D eigenvalue weighted by atomic mass is 10.1. The minimum atomic E-state index is -0.0784. The Labute approximate surface area is 165 Å². The molecule has 1 amide bonds. The van der Waals surface area contributed by atoms with E-state index in [9.17, 15) is 10.1 Å². The number of carbonyl (C=O) groups is 1. The number of aliphatic hydroxyl groups excluding tert-OH is 1. The number of aromatic amines is 1. The summed E-state index contributed by atoms with van der Waals surface area (Å²) in [5.74, 6) is 0.661. The van der Waals surface area contributed by atoms with E-state index in [0.717, 1.165) is 27.8 Å². The molecule has 9 heteroatoms. The van der Waals surface area contributed by atoms with Crippen LogP contribution in [-0.4, -0.2) is 48.9 Å². The van der Waals surface area contributed by atoms with E-state index < -0.39 is 0 Å². The molecule has 1 atom stereocenters. The summed E-state index contributed by atoms with van der Waals surface area (Å²) < 4.78 is 1.61. The topological polar surface area (TPSA) is 124 Å². The summed E-state index contributed by atoms with van der Waals surface area (Å²) in [5, 5.41) is 23.2. The first-order valence-electron chi connectivity index (χ1n) is 9.28. The molecule has 5 rings (SSSR count). The number of benzene rings is 1. The van der Waals surface area contributed by atoms with E-state index in [-0.39, 0.29) is 18.4 Å². The molecule has 4 aromatic rings. The lowest BCUT2D eigenvalue weighted by Gasteiger charge is -2.13. The van der Waals surface area contributed by atoms with Crippen molar-refractivity contribution in [2.24, 2.45) is 0 Å². The highest BCUT2D eigenvalue weighted by Gasteiger charge is 2.34. The van der Waals surface area contributed by atoms with Crippen LogP contribution in [-0.2, 0) is 11.3 Å². The monoisotopic (exact) mass is 387 g/mol. The average Bonchev–Trinajstić information content (AvgIpc) is 3.45. The van der Waals surface area contributed by atoms with E-state index in [2.05, 4.69) is 21.1 Å². The molecule has 2 N–H and O–H groups in total. The Kier molecular flexibility index (Phi) is 4.00. The first-order valence-corrected chi connectivity index (χ1v) is 9.28. The predicted molar refractivity (Wildman–Crippen MR) is 105 cm³/mol. The van der Waals surface area contributed by atoms with Gasteiger partial charge in [0, 0.05) is 30.5 Å². The third-order valence-electron chi connectivity index (χ3n) is 5.24.